The van der Waals surface area contributed by atoms with Crippen molar-refractivity contribution in [3.05, 3.63) is 29.3 Å². The number of rotatable bonds is 4. The van der Waals surface area contributed by atoms with Gasteiger partial charge >= 0.3 is 0 Å². The monoisotopic (exact) mass is 241 g/mol. The molecule has 0 fully saturated rings. The summed E-state index contributed by atoms with van der Waals surface area (Å²) in [6.07, 6.45) is 0. The largest absolute Gasteiger partial charge is 0.321 e. The Hall–Kier alpha value is -0.313. The van der Waals surface area contributed by atoms with Gasteiger partial charge in [-0.25, -0.2) is 0 Å². The van der Waals surface area contributed by atoms with E-state index in [0.717, 1.165) is 18.1 Å². The zero-order valence-electron chi connectivity index (χ0n) is 10.0. The van der Waals surface area contributed by atoms with Crippen molar-refractivity contribution in [2.45, 2.75) is 26.9 Å². The fourth-order valence-corrected chi connectivity index (χ4v) is 5.11. The van der Waals surface area contributed by atoms with Crippen LogP contribution in [0.15, 0.2) is 24.3 Å². The van der Waals surface area contributed by atoms with Crippen LogP contribution in [0.3, 0.4) is 0 Å². The minimum absolute atomic E-state index is 0.822. The SMILES string of the molecule is CCN(CC)[Si](C)(C)c1ccc(Cl)cc1. The predicted octanol–water partition coefficient (Wildman–Crippen LogP) is 3.09. The molecule has 1 aromatic rings. The summed E-state index contributed by atoms with van der Waals surface area (Å²) in [5, 5.41) is 2.28. The van der Waals surface area contributed by atoms with Gasteiger partial charge in [0.05, 0.1) is 0 Å². The third-order valence-electron chi connectivity index (χ3n) is 3.10. The summed E-state index contributed by atoms with van der Waals surface area (Å²) < 4.78 is 2.58. The topological polar surface area (TPSA) is 3.24 Å². The van der Waals surface area contributed by atoms with E-state index in [2.05, 4.69) is 43.6 Å². The van der Waals surface area contributed by atoms with Crippen LogP contribution in [0.25, 0.3) is 0 Å². The predicted molar refractivity (Wildman–Crippen MR) is 71.5 cm³/mol. The van der Waals surface area contributed by atoms with Gasteiger partial charge in [-0.05, 0) is 30.4 Å². The molecular formula is C12H20ClNSi. The molecule has 3 heteroatoms. The van der Waals surface area contributed by atoms with E-state index in [-0.39, 0.29) is 0 Å². The van der Waals surface area contributed by atoms with E-state index < -0.39 is 8.24 Å². The van der Waals surface area contributed by atoms with Crippen molar-refractivity contribution in [2.24, 2.45) is 0 Å². The molecule has 84 valence electrons. The van der Waals surface area contributed by atoms with Gasteiger partial charge in [-0.2, -0.15) is 0 Å². The fourth-order valence-electron chi connectivity index (χ4n) is 2.05. The number of hydrogen-bond donors (Lipinski definition) is 0. The minimum atomic E-state index is -1.46. The highest BCUT2D eigenvalue weighted by Gasteiger charge is 2.29. The van der Waals surface area contributed by atoms with Gasteiger partial charge in [0, 0.05) is 5.02 Å². The molecule has 0 N–H and O–H groups in total. The van der Waals surface area contributed by atoms with E-state index in [4.69, 9.17) is 11.6 Å². The van der Waals surface area contributed by atoms with Crippen molar-refractivity contribution in [3.8, 4) is 0 Å². The van der Waals surface area contributed by atoms with Gasteiger partial charge in [0.25, 0.3) is 0 Å². The van der Waals surface area contributed by atoms with E-state index in [9.17, 15) is 0 Å². The molecule has 0 unspecified atom stereocenters. The van der Waals surface area contributed by atoms with Crippen LogP contribution in [-0.2, 0) is 0 Å². The Labute approximate surface area is 99.1 Å². The molecular weight excluding hydrogens is 222 g/mol. The summed E-state index contributed by atoms with van der Waals surface area (Å²) in [6, 6.07) is 8.34. The van der Waals surface area contributed by atoms with Crippen molar-refractivity contribution in [1.82, 2.24) is 4.57 Å². The summed E-state index contributed by atoms with van der Waals surface area (Å²) in [6.45, 7) is 11.5. The molecule has 0 spiro atoms. The highest BCUT2D eigenvalue weighted by Crippen LogP contribution is 2.12. The van der Waals surface area contributed by atoms with Crippen LogP contribution < -0.4 is 5.19 Å². The molecule has 1 rings (SSSR count). The fraction of sp³-hybridized carbons (Fsp3) is 0.500. The Kier molecular flexibility index (Phi) is 4.38. The highest BCUT2D eigenvalue weighted by molar-refractivity contribution is 6.87. The van der Waals surface area contributed by atoms with Crippen molar-refractivity contribution >= 4 is 25.0 Å². The molecule has 0 amide bonds. The summed E-state index contributed by atoms with van der Waals surface area (Å²) in [5.41, 5.74) is 0. The molecule has 1 aromatic carbocycles. The molecule has 0 aromatic heterocycles. The van der Waals surface area contributed by atoms with Crippen LogP contribution in [0.1, 0.15) is 13.8 Å². The first-order valence-corrected chi connectivity index (χ1v) is 8.86. The lowest BCUT2D eigenvalue weighted by Crippen LogP contribution is -2.57. The first kappa shape index (κ1) is 12.8. The molecule has 0 atom stereocenters. The standard InChI is InChI=1S/C12H20ClNSi/c1-5-14(6-2)15(3,4)12-9-7-11(13)8-10-12/h7-10H,5-6H2,1-4H3. The van der Waals surface area contributed by atoms with Gasteiger partial charge < -0.3 is 4.57 Å². The minimum Gasteiger partial charge on any atom is -0.321 e. The summed E-state index contributed by atoms with van der Waals surface area (Å²) in [7, 11) is -1.46. The van der Waals surface area contributed by atoms with Gasteiger partial charge in [0.1, 0.15) is 0 Å². The van der Waals surface area contributed by atoms with E-state index in [1.54, 1.807) is 0 Å². The first-order chi connectivity index (χ1) is 7.02. The van der Waals surface area contributed by atoms with Crippen LogP contribution in [0, 0.1) is 0 Å². The van der Waals surface area contributed by atoms with Gasteiger partial charge in [0.15, 0.2) is 8.24 Å². The maximum Gasteiger partial charge on any atom is 0.154 e. The Morgan fingerprint density at radius 1 is 1.07 bits per heavy atom. The van der Waals surface area contributed by atoms with Crippen LogP contribution in [0.5, 0.6) is 0 Å². The molecule has 0 radical (unpaired) electrons. The molecule has 0 bridgehead atoms. The first-order valence-electron chi connectivity index (χ1n) is 5.53. The lowest BCUT2D eigenvalue weighted by molar-refractivity contribution is 0.474. The van der Waals surface area contributed by atoms with Gasteiger partial charge in [0.2, 0.25) is 0 Å². The smallest absolute Gasteiger partial charge is 0.154 e. The summed E-state index contributed by atoms with van der Waals surface area (Å²) >= 11 is 5.91. The van der Waals surface area contributed by atoms with Crippen LogP contribution >= 0.6 is 11.6 Å². The van der Waals surface area contributed by atoms with Gasteiger partial charge in [-0.1, -0.05) is 50.7 Å². The molecule has 1 nitrogen and oxygen atoms in total. The van der Waals surface area contributed by atoms with Crippen LogP contribution in [0.4, 0.5) is 0 Å². The van der Waals surface area contributed by atoms with Crippen molar-refractivity contribution in [1.29, 1.82) is 0 Å². The molecule has 0 aliphatic heterocycles. The summed E-state index contributed by atoms with van der Waals surface area (Å²) in [5.74, 6) is 0. The zero-order valence-corrected chi connectivity index (χ0v) is 11.8. The molecule has 0 aliphatic carbocycles. The second-order valence-corrected chi connectivity index (χ2v) is 9.00. The van der Waals surface area contributed by atoms with Crippen LogP contribution in [-0.4, -0.2) is 25.9 Å². The van der Waals surface area contributed by atoms with E-state index in [0.29, 0.717) is 0 Å². The average molecular weight is 242 g/mol. The average Bonchev–Trinajstić information content (AvgIpc) is 2.19. The third kappa shape index (κ3) is 2.83. The highest BCUT2D eigenvalue weighted by atomic mass is 35.5. The lowest BCUT2D eigenvalue weighted by atomic mass is 10.4. The Morgan fingerprint density at radius 2 is 1.53 bits per heavy atom. The zero-order chi connectivity index (χ0) is 11.5. The maximum atomic E-state index is 5.91. The quantitative estimate of drug-likeness (QED) is 0.733. The van der Waals surface area contributed by atoms with Crippen molar-refractivity contribution in [2.75, 3.05) is 13.1 Å². The molecule has 0 saturated carbocycles. The van der Waals surface area contributed by atoms with Crippen molar-refractivity contribution in [3.63, 3.8) is 0 Å². The molecule has 15 heavy (non-hydrogen) atoms. The Balaban J connectivity index is 2.98. The van der Waals surface area contributed by atoms with Crippen LogP contribution in [0.2, 0.25) is 18.1 Å². The van der Waals surface area contributed by atoms with Gasteiger partial charge in [-0.3, -0.25) is 0 Å². The van der Waals surface area contributed by atoms with E-state index in [1.165, 1.54) is 5.19 Å². The van der Waals surface area contributed by atoms with E-state index in [1.807, 2.05) is 12.1 Å². The lowest BCUT2D eigenvalue weighted by Gasteiger charge is -2.35. The van der Waals surface area contributed by atoms with Gasteiger partial charge in [-0.15, -0.1) is 0 Å². The number of benzene rings is 1. The number of hydrogen-bond acceptors (Lipinski definition) is 1. The number of nitrogens with zero attached hydrogens (tertiary/aromatic N) is 1. The summed E-state index contributed by atoms with van der Waals surface area (Å²) in [4.78, 5) is 0. The number of halogens is 1. The third-order valence-corrected chi connectivity index (χ3v) is 7.32. The normalized spacial score (nSPS) is 12.1. The van der Waals surface area contributed by atoms with Crippen molar-refractivity contribution < 1.29 is 0 Å². The maximum absolute atomic E-state index is 5.91. The second-order valence-electron chi connectivity index (χ2n) is 4.24. The molecule has 0 saturated heterocycles. The molecule has 0 aliphatic rings. The molecule has 0 heterocycles. The second kappa shape index (κ2) is 5.15. The van der Waals surface area contributed by atoms with E-state index >= 15 is 0 Å². The Morgan fingerprint density at radius 3 is 1.93 bits per heavy atom. The Bertz CT molecular complexity index is 304.